The number of aliphatic hydroxyl groups excluding tert-OH is 1. The van der Waals surface area contributed by atoms with E-state index in [0.717, 1.165) is 109 Å². The predicted molar refractivity (Wildman–Crippen MR) is 307 cm³/mol. The highest BCUT2D eigenvalue weighted by Crippen LogP contribution is 2.43. The summed E-state index contributed by atoms with van der Waals surface area (Å²) in [5, 5.41) is 9.82. The van der Waals surface area contributed by atoms with E-state index in [9.17, 15) is 28.9 Å². The SMILES string of the molecule is CC/C=C\C/C=C\C/C=C\C/C=C\CCCCCCCCC(=O)OC(COC(=O)CC/C=C\C/C=C\C/C=C\C/C=C\CC)COP(=O)(O)OCC(CO)OC(=O)CCCCCCCCCCCCCCCCC. The zero-order valence-corrected chi connectivity index (χ0v) is 47.7. The fourth-order valence-corrected chi connectivity index (χ4v) is 8.44. The maximum Gasteiger partial charge on any atom is 0.472 e. The Kier molecular flexibility index (Phi) is 52.9. The first-order chi connectivity index (χ1) is 36.2. The van der Waals surface area contributed by atoms with Crippen molar-refractivity contribution in [1.29, 1.82) is 0 Å². The molecule has 0 radical (unpaired) electrons. The van der Waals surface area contributed by atoms with Crippen molar-refractivity contribution in [2.45, 2.75) is 251 Å². The largest absolute Gasteiger partial charge is 0.472 e. The molecule has 3 unspecified atom stereocenters. The number of phosphoric acid groups is 1. The van der Waals surface area contributed by atoms with Crippen LogP contribution in [-0.4, -0.2) is 66.5 Å². The summed E-state index contributed by atoms with van der Waals surface area (Å²) in [5.41, 5.74) is 0. The van der Waals surface area contributed by atoms with Gasteiger partial charge in [0.1, 0.15) is 12.7 Å². The van der Waals surface area contributed by atoms with Gasteiger partial charge in [0.2, 0.25) is 0 Å². The second kappa shape index (κ2) is 55.6. The van der Waals surface area contributed by atoms with Gasteiger partial charge in [0.15, 0.2) is 6.10 Å². The number of phosphoric ester groups is 1. The van der Waals surface area contributed by atoms with Gasteiger partial charge in [-0.1, -0.05) is 234 Å². The number of esters is 3. The second-order valence-electron chi connectivity index (χ2n) is 19.0. The van der Waals surface area contributed by atoms with E-state index in [-0.39, 0.29) is 25.9 Å². The number of unbranched alkanes of at least 4 members (excludes halogenated alkanes) is 20. The molecule has 424 valence electrons. The molecule has 74 heavy (non-hydrogen) atoms. The number of rotatable bonds is 53. The van der Waals surface area contributed by atoms with E-state index in [2.05, 4.69) is 106 Å². The quantitative estimate of drug-likeness (QED) is 0.0197. The summed E-state index contributed by atoms with van der Waals surface area (Å²) in [4.78, 5) is 48.5. The summed E-state index contributed by atoms with van der Waals surface area (Å²) in [6, 6.07) is 0. The van der Waals surface area contributed by atoms with Gasteiger partial charge in [0.25, 0.3) is 0 Å². The van der Waals surface area contributed by atoms with Crippen LogP contribution in [0.4, 0.5) is 0 Å². The Morgan fingerprint density at radius 1 is 0.392 bits per heavy atom. The molecule has 2 N–H and O–H groups in total. The van der Waals surface area contributed by atoms with Crippen molar-refractivity contribution >= 4 is 25.7 Å². The monoisotopic (exact) mass is 1060 g/mol. The maximum atomic E-state index is 12.9. The standard InChI is InChI=1S/C62H105O11P/c1-4-7-10-13-16-19-22-25-27-28-29-30-32-35-38-41-44-47-50-53-62(66)73-59(55-69-60(64)51-48-45-42-39-36-33-24-21-18-15-12-9-6-3)57-71-74(67,68)70-56-58(54-63)72-61(65)52-49-46-43-40-37-34-31-26-23-20-17-14-11-8-5-2/h7,9-10,12,16,18-19,21,25,27,29-30,33,36,42,45,58-59,63H,4-6,8,11,13-15,17,20,22-24,26,28,31-32,34-35,37-41,43-44,46-57H2,1-3H3,(H,67,68)/b10-7-,12-9-,19-16-,21-18-,27-25-,30-29-,36-33-,45-42-. The topological polar surface area (TPSA) is 155 Å². The zero-order valence-electron chi connectivity index (χ0n) is 46.8. The van der Waals surface area contributed by atoms with Crippen molar-refractivity contribution < 1.29 is 52.2 Å². The van der Waals surface area contributed by atoms with Crippen LogP contribution in [0.3, 0.4) is 0 Å². The van der Waals surface area contributed by atoms with Crippen LogP contribution in [0.25, 0.3) is 0 Å². The van der Waals surface area contributed by atoms with Crippen LogP contribution in [0.15, 0.2) is 97.2 Å². The van der Waals surface area contributed by atoms with Crippen molar-refractivity contribution in [2.75, 3.05) is 26.4 Å². The number of carbonyl (C=O) groups is 3. The minimum atomic E-state index is -4.77. The van der Waals surface area contributed by atoms with Crippen molar-refractivity contribution in [1.82, 2.24) is 0 Å². The first-order valence-corrected chi connectivity index (χ1v) is 30.6. The molecule has 0 saturated carbocycles. The summed E-state index contributed by atoms with van der Waals surface area (Å²) in [5.74, 6) is -1.58. The van der Waals surface area contributed by atoms with Crippen LogP contribution in [0.2, 0.25) is 0 Å². The summed E-state index contributed by atoms with van der Waals surface area (Å²) in [7, 11) is -4.77. The molecule has 0 fully saturated rings. The van der Waals surface area contributed by atoms with Gasteiger partial charge in [-0.2, -0.15) is 0 Å². The maximum absolute atomic E-state index is 12.9. The molecule has 0 aromatic rings. The summed E-state index contributed by atoms with van der Waals surface area (Å²) in [6.45, 7) is 4.33. The summed E-state index contributed by atoms with van der Waals surface area (Å²) >= 11 is 0. The fraction of sp³-hybridized carbons (Fsp3) is 0.694. The van der Waals surface area contributed by atoms with Crippen LogP contribution in [0.5, 0.6) is 0 Å². The van der Waals surface area contributed by atoms with Crippen LogP contribution in [0.1, 0.15) is 239 Å². The highest BCUT2D eigenvalue weighted by atomic mass is 31.2. The lowest BCUT2D eigenvalue weighted by atomic mass is 10.0. The molecular formula is C62H105O11P. The Bertz CT molecular complexity index is 1610. The van der Waals surface area contributed by atoms with Crippen molar-refractivity contribution in [3.05, 3.63) is 97.2 Å². The number of carbonyl (C=O) groups excluding carboxylic acids is 3. The third kappa shape index (κ3) is 53.2. The Morgan fingerprint density at radius 2 is 0.730 bits per heavy atom. The van der Waals surface area contributed by atoms with Crippen molar-refractivity contribution in [3.8, 4) is 0 Å². The number of aliphatic hydroxyl groups is 1. The molecule has 0 aromatic carbocycles. The first-order valence-electron chi connectivity index (χ1n) is 29.1. The number of hydrogen-bond acceptors (Lipinski definition) is 10. The molecule has 0 aliphatic rings. The highest BCUT2D eigenvalue weighted by Gasteiger charge is 2.28. The van der Waals surface area contributed by atoms with Gasteiger partial charge in [-0.05, 0) is 83.5 Å². The van der Waals surface area contributed by atoms with Crippen molar-refractivity contribution in [2.24, 2.45) is 0 Å². The van der Waals surface area contributed by atoms with Gasteiger partial charge < -0.3 is 24.2 Å². The van der Waals surface area contributed by atoms with Crippen LogP contribution >= 0.6 is 7.82 Å². The molecule has 0 aliphatic heterocycles. The average Bonchev–Trinajstić information content (AvgIpc) is 3.39. The van der Waals surface area contributed by atoms with E-state index < -0.39 is 57.8 Å². The Balaban J connectivity index is 4.79. The molecule has 0 aromatic heterocycles. The molecule has 11 nitrogen and oxygen atoms in total. The molecule has 0 saturated heterocycles. The van der Waals surface area contributed by atoms with Crippen LogP contribution in [-0.2, 0) is 42.2 Å². The summed E-state index contributed by atoms with van der Waals surface area (Å²) in [6.07, 6.45) is 65.2. The van der Waals surface area contributed by atoms with E-state index in [1.54, 1.807) is 0 Å². The average molecular weight is 1060 g/mol. The molecule has 0 amide bonds. The Labute approximate surface area is 451 Å². The number of ether oxygens (including phenoxy) is 3. The van der Waals surface area contributed by atoms with Crippen molar-refractivity contribution in [3.63, 3.8) is 0 Å². The molecular weight excluding hydrogens is 952 g/mol. The molecule has 12 heteroatoms. The smallest absolute Gasteiger partial charge is 0.462 e. The van der Waals surface area contributed by atoms with Gasteiger partial charge in [0, 0.05) is 19.3 Å². The third-order valence-corrected chi connectivity index (χ3v) is 13.0. The second-order valence-corrected chi connectivity index (χ2v) is 20.5. The lowest BCUT2D eigenvalue weighted by molar-refractivity contribution is -0.161. The molecule has 0 aliphatic carbocycles. The molecule has 0 bridgehead atoms. The first kappa shape index (κ1) is 70.4. The molecule has 0 spiro atoms. The number of hydrogen-bond donors (Lipinski definition) is 2. The molecule has 3 atom stereocenters. The van der Waals surface area contributed by atoms with E-state index in [4.69, 9.17) is 23.3 Å². The lowest BCUT2D eigenvalue weighted by Crippen LogP contribution is -2.30. The van der Waals surface area contributed by atoms with Gasteiger partial charge in [-0.3, -0.25) is 23.4 Å². The van der Waals surface area contributed by atoms with Crippen LogP contribution in [0, 0.1) is 0 Å². The van der Waals surface area contributed by atoms with Gasteiger partial charge in [0.05, 0.1) is 19.8 Å². The van der Waals surface area contributed by atoms with E-state index >= 15 is 0 Å². The fourth-order valence-electron chi connectivity index (χ4n) is 7.66. The number of allylic oxidation sites excluding steroid dienone is 16. The zero-order chi connectivity index (χ0) is 54.1. The highest BCUT2D eigenvalue weighted by molar-refractivity contribution is 7.47. The minimum absolute atomic E-state index is 0.0987. The molecule has 0 rings (SSSR count). The molecule has 0 heterocycles. The minimum Gasteiger partial charge on any atom is -0.462 e. The lowest BCUT2D eigenvalue weighted by Gasteiger charge is -2.21. The van der Waals surface area contributed by atoms with E-state index in [1.165, 1.54) is 70.6 Å². The third-order valence-electron chi connectivity index (χ3n) is 12.0. The Morgan fingerprint density at radius 3 is 1.14 bits per heavy atom. The Hall–Kier alpha value is -3.60. The van der Waals surface area contributed by atoms with Gasteiger partial charge in [-0.25, -0.2) is 4.57 Å². The van der Waals surface area contributed by atoms with E-state index in [0.29, 0.717) is 19.3 Å². The summed E-state index contributed by atoms with van der Waals surface area (Å²) < 4.78 is 39.4. The van der Waals surface area contributed by atoms with Crippen LogP contribution < -0.4 is 0 Å². The van der Waals surface area contributed by atoms with Gasteiger partial charge in [-0.15, -0.1) is 0 Å². The van der Waals surface area contributed by atoms with Gasteiger partial charge >= 0.3 is 25.7 Å². The van der Waals surface area contributed by atoms with E-state index in [1.807, 2.05) is 12.2 Å². The normalized spacial score (nSPS) is 14.1. The predicted octanol–water partition coefficient (Wildman–Crippen LogP) is 17.3.